The average molecular weight is 199 g/mol. The lowest BCUT2D eigenvalue weighted by molar-refractivity contribution is 0.238. The molecule has 0 bridgehead atoms. The summed E-state index contributed by atoms with van der Waals surface area (Å²) < 4.78 is 0. The zero-order valence-electron chi connectivity index (χ0n) is 7.70. The Hall–Kier alpha value is -1.10. The Balaban J connectivity index is 2.42. The number of hydrogen-bond donors (Lipinski definition) is 2. The highest BCUT2D eigenvalue weighted by atomic mass is 32.1. The van der Waals surface area contributed by atoms with E-state index in [9.17, 15) is 4.79 Å². The van der Waals surface area contributed by atoms with Crippen LogP contribution in [0.1, 0.15) is 24.9 Å². The van der Waals surface area contributed by atoms with E-state index in [4.69, 9.17) is 0 Å². The predicted molar refractivity (Wildman–Crippen MR) is 52.7 cm³/mol. The van der Waals surface area contributed by atoms with Crippen molar-refractivity contribution in [2.45, 2.75) is 19.9 Å². The third-order valence-corrected chi connectivity index (χ3v) is 2.47. The van der Waals surface area contributed by atoms with Crippen LogP contribution in [0.5, 0.6) is 0 Å². The number of amides is 2. The third-order valence-electron chi connectivity index (χ3n) is 1.51. The maximum absolute atomic E-state index is 11.1. The Morgan fingerprint density at radius 2 is 2.54 bits per heavy atom. The monoisotopic (exact) mass is 199 g/mol. The molecule has 0 aromatic carbocycles. The minimum atomic E-state index is -0.148. The highest BCUT2D eigenvalue weighted by Gasteiger charge is 2.09. The molecule has 0 saturated heterocycles. The third kappa shape index (κ3) is 3.02. The van der Waals surface area contributed by atoms with E-state index in [2.05, 4.69) is 15.6 Å². The van der Waals surface area contributed by atoms with Crippen LogP contribution in [0.2, 0.25) is 0 Å². The van der Waals surface area contributed by atoms with E-state index in [1.165, 1.54) is 11.3 Å². The SMILES string of the molecule is CCNC(=O)NC(C)c1nccs1. The van der Waals surface area contributed by atoms with Crippen molar-refractivity contribution in [1.82, 2.24) is 15.6 Å². The van der Waals surface area contributed by atoms with Gasteiger partial charge in [-0.2, -0.15) is 0 Å². The number of carbonyl (C=O) groups is 1. The fourth-order valence-corrected chi connectivity index (χ4v) is 1.56. The minimum Gasteiger partial charge on any atom is -0.338 e. The number of nitrogens with zero attached hydrogens (tertiary/aromatic N) is 1. The number of urea groups is 1. The Morgan fingerprint density at radius 3 is 3.08 bits per heavy atom. The summed E-state index contributed by atoms with van der Waals surface area (Å²) in [5.74, 6) is 0. The highest BCUT2D eigenvalue weighted by molar-refractivity contribution is 7.09. The summed E-state index contributed by atoms with van der Waals surface area (Å²) in [6.07, 6.45) is 1.73. The van der Waals surface area contributed by atoms with Gasteiger partial charge in [0, 0.05) is 18.1 Å². The molecule has 4 nitrogen and oxygen atoms in total. The summed E-state index contributed by atoms with van der Waals surface area (Å²) >= 11 is 1.54. The van der Waals surface area contributed by atoms with Crippen molar-refractivity contribution >= 4 is 17.4 Å². The first-order valence-electron chi connectivity index (χ1n) is 4.17. The molecule has 0 fully saturated rings. The van der Waals surface area contributed by atoms with Crippen LogP contribution in [0, 0.1) is 0 Å². The van der Waals surface area contributed by atoms with Crippen LogP contribution in [0.25, 0.3) is 0 Å². The lowest BCUT2D eigenvalue weighted by Crippen LogP contribution is -2.36. The van der Waals surface area contributed by atoms with E-state index in [0.717, 1.165) is 5.01 Å². The van der Waals surface area contributed by atoms with Crippen molar-refractivity contribution in [3.63, 3.8) is 0 Å². The molecular weight excluding hydrogens is 186 g/mol. The van der Waals surface area contributed by atoms with Gasteiger partial charge in [-0.05, 0) is 13.8 Å². The zero-order chi connectivity index (χ0) is 9.68. The maximum Gasteiger partial charge on any atom is 0.315 e. The van der Waals surface area contributed by atoms with Gasteiger partial charge in [-0.15, -0.1) is 11.3 Å². The molecule has 0 aliphatic heterocycles. The van der Waals surface area contributed by atoms with Gasteiger partial charge in [0.1, 0.15) is 5.01 Å². The zero-order valence-corrected chi connectivity index (χ0v) is 8.52. The number of rotatable bonds is 3. The molecule has 5 heteroatoms. The predicted octanol–water partition coefficient (Wildman–Crippen LogP) is 1.52. The molecule has 2 N–H and O–H groups in total. The Bertz CT molecular complexity index is 260. The van der Waals surface area contributed by atoms with Gasteiger partial charge in [0.05, 0.1) is 6.04 Å². The highest BCUT2D eigenvalue weighted by Crippen LogP contribution is 2.13. The van der Waals surface area contributed by atoms with Crippen molar-refractivity contribution in [2.75, 3.05) is 6.54 Å². The summed E-state index contributed by atoms with van der Waals surface area (Å²) in [5, 5.41) is 8.26. The molecule has 1 atom stereocenters. The van der Waals surface area contributed by atoms with Crippen molar-refractivity contribution in [3.05, 3.63) is 16.6 Å². The second-order valence-corrected chi connectivity index (χ2v) is 3.52. The van der Waals surface area contributed by atoms with Crippen molar-refractivity contribution < 1.29 is 4.79 Å². The van der Waals surface area contributed by atoms with E-state index >= 15 is 0 Å². The first kappa shape index (κ1) is 9.98. The van der Waals surface area contributed by atoms with Gasteiger partial charge in [0.25, 0.3) is 0 Å². The fraction of sp³-hybridized carbons (Fsp3) is 0.500. The molecule has 0 radical (unpaired) electrons. The van der Waals surface area contributed by atoms with Crippen LogP contribution in [0.15, 0.2) is 11.6 Å². The largest absolute Gasteiger partial charge is 0.338 e. The first-order valence-corrected chi connectivity index (χ1v) is 5.05. The molecule has 1 heterocycles. The number of aromatic nitrogens is 1. The molecule has 1 aromatic rings. The van der Waals surface area contributed by atoms with Gasteiger partial charge >= 0.3 is 6.03 Å². The van der Waals surface area contributed by atoms with Crippen LogP contribution >= 0.6 is 11.3 Å². The van der Waals surface area contributed by atoms with Crippen LogP contribution in [-0.2, 0) is 0 Å². The normalized spacial score (nSPS) is 12.2. The summed E-state index contributed by atoms with van der Waals surface area (Å²) in [6, 6.07) is -0.170. The van der Waals surface area contributed by atoms with Gasteiger partial charge < -0.3 is 10.6 Å². The lowest BCUT2D eigenvalue weighted by Gasteiger charge is -2.10. The smallest absolute Gasteiger partial charge is 0.315 e. The van der Waals surface area contributed by atoms with Crippen LogP contribution in [0.3, 0.4) is 0 Å². The van der Waals surface area contributed by atoms with E-state index in [-0.39, 0.29) is 12.1 Å². The Kier molecular flexibility index (Phi) is 3.70. The molecule has 2 amide bonds. The first-order chi connectivity index (χ1) is 6.24. The summed E-state index contributed by atoms with van der Waals surface area (Å²) in [4.78, 5) is 15.2. The van der Waals surface area contributed by atoms with E-state index in [1.807, 2.05) is 19.2 Å². The molecule has 0 spiro atoms. The average Bonchev–Trinajstić information content (AvgIpc) is 2.55. The molecule has 0 aliphatic rings. The molecule has 72 valence electrons. The minimum absolute atomic E-state index is 0.0217. The van der Waals surface area contributed by atoms with Crippen LogP contribution in [0.4, 0.5) is 4.79 Å². The molecule has 0 saturated carbocycles. The van der Waals surface area contributed by atoms with Crippen molar-refractivity contribution in [3.8, 4) is 0 Å². The van der Waals surface area contributed by atoms with Gasteiger partial charge in [-0.25, -0.2) is 9.78 Å². The summed E-state index contributed by atoms with van der Waals surface area (Å²) in [6.45, 7) is 4.43. The summed E-state index contributed by atoms with van der Waals surface area (Å²) in [5.41, 5.74) is 0. The van der Waals surface area contributed by atoms with Crippen LogP contribution in [-0.4, -0.2) is 17.6 Å². The number of carbonyl (C=O) groups excluding carboxylic acids is 1. The second kappa shape index (κ2) is 4.81. The maximum atomic E-state index is 11.1. The van der Waals surface area contributed by atoms with Crippen molar-refractivity contribution in [1.29, 1.82) is 0 Å². The molecule has 1 unspecified atom stereocenters. The Labute approximate surface area is 81.4 Å². The number of nitrogens with one attached hydrogen (secondary N) is 2. The van der Waals surface area contributed by atoms with Gasteiger partial charge in [-0.1, -0.05) is 0 Å². The second-order valence-electron chi connectivity index (χ2n) is 2.60. The van der Waals surface area contributed by atoms with E-state index in [1.54, 1.807) is 6.20 Å². The molecule has 13 heavy (non-hydrogen) atoms. The quantitative estimate of drug-likeness (QED) is 0.775. The lowest BCUT2D eigenvalue weighted by atomic mass is 10.4. The molecule has 1 aromatic heterocycles. The number of thiazole rings is 1. The van der Waals surface area contributed by atoms with E-state index in [0.29, 0.717) is 6.54 Å². The molecular formula is C8H13N3OS. The van der Waals surface area contributed by atoms with Crippen LogP contribution < -0.4 is 10.6 Å². The van der Waals surface area contributed by atoms with Gasteiger partial charge in [0.15, 0.2) is 0 Å². The van der Waals surface area contributed by atoms with E-state index < -0.39 is 0 Å². The number of hydrogen-bond acceptors (Lipinski definition) is 3. The van der Waals surface area contributed by atoms with Crippen molar-refractivity contribution in [2.24, 2.45) is 0 Å². The Morgan fingerprint density at radius 1 is 1.77 bits per heavy atom. The topological polar surface area (TPSA) is 54.0 Å². The molecule has 0 aliphatic carbocycles. The summed E-state index contributed by atoms with van der Waals surface area (Å²) in [7, 11) is 0. The molecule has 1 rings (SSSR count). The van der Waals surface area contributed by atoms with Gasteiger partial charge in [-0.3, -0.25) is 0 Å². The fourth-order valence-electron chi connectivity index (χ4n) is 0.918. The standard InChI is InChI=1S/C8H13N3OS/c1-3-9-8(12)11-6(2)7-10-4-5-13-7/h4-6H,3H2,1-2H3,(H2,9,11,12). The van der Waals surface area contributed by atoms with Gasteiger partial charge in [0.2, 0.25) is 0 Å².